The summed E-state index contributed by atoms with van der Waals surface area (Å²) in [7, 11) is 0. The van der Waals surface area contributed by atoms with Crippen molar-refractivity contribution in [3.63, 3.8) is 0 Å². The third kappa shape index (κ3) is 3.35. The van der Waals surface area contributed by atoms with Gasteiger partial charge in [-0.05, 0) is 19.1 Å². The maximum atomic E-state index is 12.9. The molecule has 2 heterocycles. The van der Waals surface area contributed by atoms with Crippen molar-refractivity contribution in [3.8, 4) is 5.69 Å². The van der Waals surface area contributed by atoms with E-state index in [1.54, 1.807) is 0 Å². The highest BCUT2D eigenvalue weighted by atomic mass is 32.2. The number of carboxylic acids is 1. The molecule has 0 radical (unpaired) electrons. The van der Waals surface area contributed by atoms with Crippen LogP contribution in [0.1, 0.15) is 11.3 Å². The second-order valence-corrected chi connectivity index (χ2v) is 5.04. The fraction of sp³-hybridized carbons (Fsp3) is 0.250. The predicted octanol–water partition coefficient (Wildman–Crippen LogP) is 2.77. The van der Waals surface area contributed by atoms with Gasteiger partial charge in [-0.15, -0.1) is 0 Å². The predicted molar refractivity (Wildman–Crippen MR) is 69.5 cm³/mol. The lowest BCUT2D eigenvalue weighted by molar-refractivity contribution is -0.141. The Hall–Kier alpha value is -2.03. The van der Waals surface area contributed by atoms with Gasteiger partial charge in [0.05, 0.1) is 11.4 Å². The molecule has 112 valence electrons. The van der Waals surface area contributed by atoms with Gasteiger partial charge >= 0.3 is 12.1 Å². The van der Waals surface area contributed by atoms with Crippen molar-refractivity contribution in [1.29, 1.82) is 0 Å². The Balaban J connectivity index is 2.54. The normalized spacial score (nSPS) is 11.6. The van der Waals surface area contributed by atoms with Crippen LogP contribution in [0.3, 0.4) is 0 Å². The molecule has 9 heteroatoms. The number of aromatic nitrogens is 3. The van der Waals surface area contributed by atoms with Crippen LogP contribution in [0.4, 0.5) is 13.2 Å². The van der Waals surface area contributed by atoms with Crippen LogP contribution in [0, 0.1) is 6.92 Å². The van der Waals surface area contributed by atoms with Crippen LogP contribution in [0.5, 0.6) is 0 Å². The summed E-state index contributed by atoms with van der Waals surface area (Å²) in [5, 5.41) is 12.4. The minimum Gasteiger partial charge on any atom is -0.481 e. The monoisotopic (exact) mass is 317 g/mol. The van der Waals surface area contributed by atoms with E-state index in [2.05, 4.69) is 10.1 Å². The van der Waals surface area contributed by atoms with E-state index in [9.17, 15) is 18.0 Å². The van der Waals surface area contributed by atoms with Gasteiger partial charge in [-0.25, -0.2) is 4.68 Å². The van der Waals surface area contributed by atoms with Gasteiger partial charge in [-0.2, -0.15) is 18.3 Å². The van der Waals surface area contributed by atoms with Gasteiger partial charge in [-0.1, -0.05) is 11.8 Å². The molecule has 0 aliphatic carbocycles. The van der Waals surface area contributed by atoms with Crippen LogP contribution in [0.2, 0.25) is 0 Å². The lowest BCUT2D eigenvalue weighted by atomic mass is 10.3. The van der Waals surface area contributed by atoms with E-state index in [1.807, 2.05) is 0 Å². The molecule has 0 saturated heterocycles. The lowest BCUT2D eigenvalue weighted by Crippen LogP contribution is -2.08. The van der Waals surface area contributed by atoms with Crippen molar-refractivity contribution >= 4 is 17.7 Å². The number of hydrogen-bond acceptors (Lipinski definition) is 4. The van der Waals surface area contributed by atoms with E-state index in [0.29, 0.717) is 5.69 Å². The average Bonchev–Trinajstić information content (AvgIpc) is 2.74. The first-order valence-corrected chi connectivity index (χ1v) is 6.71. The zero-order valence-electron chi connectivity index (χ0n) is 10.8. The molecule has 0 bridgehead atoms. The average molecular weight is 317 g/mol. The number of alkyl halides is 3. The molecule has 0 amide bonds. The Labute approximate surface area is 121 Å². The summed E-state index contributed by atoms with van der Waals surface area (Å²) in [6.07, 6.45) is -1.75. The van der Waals surface area contributed by atoms with Crippen LogP contribution in [-0.4, -0.2) is 31.6 Å². The first-order valence-electron chi connectivity index (χ1n) is 5.72. The number of carbonyl (C=O) groups is 1. The largest absolute Gasteiger partial charge is 0.481 e. The number of hydrogen-bond donors (Lipinski definition) is 1. The van der Waals surface area contributed by atoms with Crippen molar-refractivity contribution in [1.82, 2.24) is 14.8 Å². The molecule has 0 unspecified atom stereocenters. The molecule has 0 aromatic carbocycles. The number of pyridine rings is 1. The number of halogens is 3. The van der Waals surface area contributed by atoms with Crippen LogP contribution in [0.25, 0.3) is 5.69 Å². The van der Waals surface area contributed by atoms with E-state index in [4.69, 9.17) is 5.11 Å². The Morgan fingerprint density at radius 3 is 2.52 bits per heavy atom. The summed E-state index contributed by atoms with van der Waals surface area (Å²) >= 11 is 0.794. The Kier molecular flexibility index (Phi) is 4.21. The Bertz CT molecular complexity index is 656. The summed E-state index contributed by atoms with van der Waals surface area (Å²) in [4.78, 5) is 14.4. The van der Waals surface area contributed by atoms with E-state index in [1.165, 1.54) is 31.5 Å². The maximum absolute atomic E-state index is 12.9. The summed E-state index contributed by atoms with van der Waals surface area (Å²) < 4.78 is 39.9. The molecule has 0 spiro atoms. The molecule has 2 aromatic heterocycles. The molecule has 0 aliphatic rings. The van der Waals surface area contributed by atoms with Gasteiger partial charge in [0, 0.05) is 18.0 Å². The number of thioether (sulfide) groups is 1. The minimum absolute atomic E-state index is 0.0921. The second-order valence-electron chi connectivity index (χ2n) is 4.08. The molecular weight excluding hydrogens is 307 g/mol. The lowest BCUT2D eigenvalue weighted by Gasteiger charge is -2.06. The van der Waals surface area contributed by atoms with E-state index in [-0.39, 0.29) is 16.3 Å². The summed E-state index contributed by atoms with van der Waals surface area (Å²) in [6.45, 7) is 1.28. The van der Waals surface area contributed by atoms with Crippen LogP contribution in [-0.2, 0) is 11.0 Å². The molecule has 0 aliphatic heterocycles. The molecule has 5 nitrogen and oxygen atoms in total. The van der Waals surface area contributed by atoms with Gasteiger partial charge in [0.1, 0.15) is 5.03 Å². The van der Waals surface area contributed by atoms with Gasteiger partial charge in [0.15, 0.2) is 5.69 Å². The molecule has 2 rings (SSSR count). The van der Waals surface area contributed by atoms with Crippen molar-refractivity contribution in [2.75, 3.05) is 5.75 Å². The molecule has 21 heavy (non-hydrogen) atoms. The highest BCUT2D eigenvalue weighted by molar-refractivity contribution is 7.99. The SMILES string of the molecule is Cc1c(C(F)(F)F)nn(-c2ccncc2)c1SCC(=O)O. The third-order valence-electron chi connectivity index (χ3n) is 2.58. The fourth-order valence-electron chi connectivity index (χ4n) is 1.71. The maximum Gasteiger partial charge on any atom is 0.435 e. The van der Waals surface area contributed by atoms with Gasteiger partial charge in [-0.3, -0.25) is 9.78 Å². The quantitative estimate of drug-likeness (QED) is 0.878. The van der Waals surface area contributed by atoms with Crippen molar-refractivity contribution < 1.29 is 23.1 Å². The van der Waals surface area contributed by atoms with Gasteiger partial charge in [0.25, 0.3) is 0 Å². The van der Waals surface area contributed by atoms with Crippen molar-refractivity contribution in [3.05, 3.63) is 35.8 Å². The van der Waals surface area contributed by atoms with Crippen molar-refractivity contribution in [2.45, 2.75) is 18.1 Å². The second kappa shape index (κ2) is 5.76. The van der Waals surface area contributed by atoms with Crippen LogP contribution < -0.4 is 0 Å². The summed E-state index contributed by atoms with van der Waals surface area (Å²) in [5.41, 5.74) is -0.728. The molecule has 0 saturated carbocycles. The first-order chi connectivity index (χ1) is 9.80. The van der Waals surface area contributed by atoms with E-state index in [0.717, 1.165) is 16.4 Å². The van der Waals surface area contributed by atoms with Crippen LogP contribution >= 0.6 is 11.8 Å². The highest BCUT2D eigenvalue weighted by Gasteiger charge is 2.38. The minimum atomic E-state index is -4.60. The van der Waals surface area contributed by atoms with Crippen LogP contribution in [0.15, 0.2) is 29.6 Å². The van der Waals surface area contributed by atoms with E-state index >= 15 is 0 Å². The van der Waals surface area contributed by atoms with Gasteiger partial charge in [0.2, 0.25) is 0 Å². The van der Waals surface area contributed by atoms with Crippen molar-refractivity contribution in [2.24, 2.45) is 0 Å². The smallest absolute Gasteiger partial charge is 0.435 e. The molecule has 2 aromatic rings. The number of aliphatic carboxylic acids is 1. The molecule has 0 atom stereocenters. The molecule has 0 fully saturated rings. The topological polar surface area (TPSA) is 68.0 Å². The zero-order chi connectivity index (χ0) is 15.6. The molecule has 1 N–H and O–H groups in total. The number of rotatable bonds is 4. The third-order valence-corrected chi connectivity index (χ3v) is 3.72. The Morgan fingerprint density at radius 2 is 2.00 bits per heavy atom. The number of carboxylic acid groups (broad SMARTS) is 1. The highest BCUT2D eigenvalue weighted by Crippen LogP contribution is 2.36. The van der Waals surface area contributed by atoms with Gasteiger partial charge < -0.3 is 5.11 Å². The summed E-state index contributed by atoms with van der Waals surface area (Å²) in [6, 6.07) is 2.99. The number of nitrogens with zero attached hydrogens (tertiary/aromatic N) is 3. The zero-order valence-corrected chi connectivity index (χ0v) is 11.6. The molecular formula is C12H10F3N3O2S. The van der Waals surface area contributed by atoms with E-state index < -0.39 is 17.8 Å². The fourth-order valence-corrected chi connectivity index (χ4v) is 2.55. The summed E-state index contributed by atoms with van der Waals surface area (Å²) in [5.74, 6) is -1.47. The Morgan fingerprint density at radius 1 is 1.38 bits per heavy atom. The standard InChI is InChI=1S/C12H10F3N3O2S/c1-7-10(12(13,14)15)17-18(8-2-4-16-5-3-8)11(7)21-6-9(19)20/h2-5H,6H2,1H3,(H,19,20). The first kappa shape index (κ1) is 15.4.